The van der Waals surface area contributed by atoms with Gasteiger partial charge in [-0.05, 0) is 34.3 Å². The van der Waals surface area contributed by atoms with Crippen LogP contribution in [0, 0.1) is 0 Å². The number of nitrogen functional groups attached to an aromatic ring is 2. The van der Waals surface area contributed by atoms with E-state index in [4.69, 9.17) is 39.0 Å². The molecule has 5 heterocycles. The summed E-state index contributed by atoms with van der Waals surface area (Å²) in [6.07, 6.45) is -4.99. The van der Waals surface area contributed by atoms with Gasteiger partial charge in [0.25, 0.3) is 0 Å². The summed E-state index contributed by atoms with van der Waals surface area (Å²) in [4.78, 5) is 31.2. The lowest BCUT2D eigenvalue weighted by Crippen LogP contribution is -2.65. The normalized spacial score (nSPS) is 31.0. The molecule has 0 bridgehead atoms. The highest BCUT2D eigenvalue weighted by atomic mass is 28.5. The molecule has 0 saturated carbocycles. The first-order chi connectivity index (χ1) is 22.9. The van der Waals surface area contributed by atoms with Gasteiger partial charge in [0.2, 0.25) is 0 Å². The van der Waals surface area contributed by atoms with Crippen LogP contribution in [0.25, 0.3) is 0 Å². The first kappa shape index (κ1) is 39.2. The Balaban J connectivity index is 0.000000266. The van der Waals surface area contributed by atoms with Crippen LogP contribution in [0.1, 0.15) is 67.8 Å². The van der Waals surface area contributed by atoms with E-state index < -0.39 is 84.2 Å². The van der Waals surface area contributed by atoms with Gasteiger partial charge in [-0.2, -0.15) is 9.97 Å². The number of nitrogens with two attached hydrogens (primary N) is 2. The Morgan fingerprint density at radius 1 is 0.776 bits per heavy atom. The second-order valence-electron chi connectivity index (χ2n) is 13.9. The molecule has 0 amide bonds. The second kappa shape index (κ2) is 15.4. The van der Waals surface area contributed by atoms with Crippen molar-refractivity contribution in [1.29, 1.82) is 0 Å². The summed E-state index contributed by atoms with van der Waals surface area (Å²) in [5, 5.41) is 39.4. The number of nitrogens with zero attached hydrogens (tertiary/aromatic N) is 4. The van der Waals surface area contributed by atoms with Crippen LogP contribution in [0.3, 0.4) is 0 Å². The number of fused-ring (bicyclic) bond motifs is 1. The second-order valence-corrected chi connectivity index (χ2v) is 22.8. The first-order valence-corrected chi connectivity index (χ1v) is 20.5. The van der Waals surface area contributed by atoms with Crippen LogP contribution in [0.15, 0.2) is 34.1 Å². The highest BCUT2D eigenvalue weighted by Crippen LogP contribution is 2.48. The minimum Gasteiger partial charge on any atom is -0.414 e. The van der Waals surface area contributed by atoms with E-state index in [0.29, 0.717) is 0 Å². The summed E-state index contributed by atoms with van der Waals surface area (Å²) < 4.78 is 34.3. The minimum absolute atomic E-state index is 0.0537. The van der Waals surface area contributed by atoms with Crippen molar-refractivity contribution in [3.63, 3.8) is 0 Å². The van der Waals surface area contributed by atoms with Gasteiger partial charge in [0.1, 0.15) is 48.3 Å². The van der Waals surface area contributed by atoms with Crippen LogP contribution in [-0.4, -0.2) is 106 Å². The van der Waals surface area contributed by atoms with Crippen molar-refractivity contribution >= 4 is 28.8 Å². The highest BCUT2D eigenvalue weighted by molar-refractivity contribution is 6.84. The lowest BCUT2D eigenvalue weighted by Gasteiger charge is -2.51. The van der Waals surface area contributed by atoms with E-state index in [1.54, 1.807) is 0 Å². The Morgan fingerprint density at radius 3 is 1.65 bits per heavy atom. The molecular weight excluding hydrogens is 677 g/mol. The van der Waals surface area contributed by atoms with Crippen molar-refractivity contribution in [1.82, 2.24) is 19.1 Å². The largest absolute Gasteiger partial charge is 0.414 e. The molecule has 2 aromatic heterocycles. The summed E-state index contributed by atoms with van der Waals surface area (Å²) in [7, 11) is -5.59. The molecule has 5 rings (SSSR count). The van der Waals surface area contributed by atoms with Gasteiger partial charge < -0.3 is 54.3 Å². The first-order valence-electron chi connectivity index (χ1n) is 16.6. The average Bonchev–Trinajstić information content (AvgIpc) is 3.46. The molecule has 49 heavy (non-hydrogen) atoms. The Bertz CT molecular complexity index is 1530. The molecule has 8 atom stereocenters. The fourth-order valence-electron chi connectivity index (χ4n) is 6.72. The summed E-state index contributed by atoms with van der Waals surface area (Å²) >= 11 is 0. The molecular formula is C30H52N6O11Si2. The van der Waals surface area contributed by atoms with Gasteiger partial charge in [0.05, 0.1) is 13.2 Å². The van der Waals surface area contributed by atoms with Gasteiger partial charge >= 0.3 is 28.5 Å². The molecule has 3 aliphatic rings. The number of rotatable bonds is 7. The van der Waals surface area contributed by atoms with Gasteiger partial charge in [-0.15, -0.1) is 0 Å². The van der Waals surface area contributed by atoms with E-state index in [9.17, 15) is 24.9 Å². The number of anilines is 2. The topological polar surface area (TPSA) is 249 Å². The van der Waals surface area contributed by atoms with Crippen molar-refractivity contribution in [3.8, 4) is 0 Å². The number of aromatic nitrogens is 4. The quantitative estimate of drug-likeness (QED) is 0.212. The van der Waals surface area contributed by atoms with E-state index >= 15 is 0 Å². The van der Waals surface area contributed by atoms with Crippen LogP contribution in [0.2, 0.25) is 22.2 Å². The van der Waals surface area contributed by atoms with E-state index in [1.165, 1.54) is 29.1 Å². The molecule has 3 aliphatic heterocycles. The highest BCUT2D eigenvalue weighted by Gasteiger charge is 2.61. The third-order valence-corrected chi connectivity index (χ3v) is 19.7. The fraction of sp³-hybridized carbons (Fsp3) is 0.733. The Hall–Kier alpha value is -2.57. The number of hydrogen-bond acceptors (Lipinski definition) is 15. The van der Waals surface area contributed by atoms with E-state index in [2.05, 4.69) is 65.4 Å². The van der Waals surface area contributed by atoms with Gasteiger partial charge in [-0.3, -0.25) is 9.13 Å². The van der Waals surface area contributed by atoms with Crippen molar-refractivity contribution in [2.45, 2.75) is 127 Å². The molecule has 17 nitrogen and oxygen atoms in total. The van der Waals surface area contributed by atoms with Crippen molar-refractivity contribution in [2.75, 3.05) is 24.7 Å². The molecule has 0 unspecified atom stereocenters. The van der Waals surface area contributed by atoms with Crippen molar-refractivity contribution < 1.29 is 42.9 Å². The maximum Gasteiger partial charge on any atom is 0.351 e. The number of ether oxygens (including phenoxy) is 2. The van der Waals surface area contributed by atoms with E-state index in [0.717, 1.165) is 4.57 Å². The molecule has 0 aliphatic carbocycles. The van der Waals surface area contributed by atoms with Gasteiger partial charge in [0.15, 0.2) is 12.5 Å². The summed E-state index contributed by atoms with van der Waals surface area (Å²) in [5.41, 5.74) is 10.3. The van der Waals surface area contributed by atoms with Crippen molar-refractivity contribution in [2.24, 2.45) is 0 Å². The summed E-state index contributed by atoms with van der Waals surface area (Å²) in [5.74, 6) is 0.173. The van der Waals surface area contributed by atoms with Crippen LogP contribution >= 0.6 is 0 Å². The fourth-order valence-corrected chi connectivity index (χ4v) is 17.9. The third kappa shape index (κ3) is 7.57. The van der Waals surface area contributed by atoms with Crippen LogP contribution in [0.4, 0.5) is 11.6 Å². The average molecular weight is 729 g/mol. The van der Waals surface area contributed by atoms with E-state index in [-0.39, 0.29) is 40.4 Å². The monoisotopic (exact) mass is 728 g/mol. The predicted molar refractivity (Wildman–Crippen MR) is 183 cm³/mol. The lowest BCUT2D eigenvalue weighted by atomic mass is 10.1. The molecule has 0 radical (unpaired) electrons. The Morgan fingerprint density at radius 2 is 1.24 bits per heavy atom. The maximum atomic E-state index is 12.4. The molecule has 2 aromatic rings. The van der Waals surface area contributed by atoms with Gasteiger partial charge in [-0.25, -0.2) is 9.59 Å². The zero-order valence-electron chi connectivity index (χ0n) is 29.2. The summed E-state index contributed by atoms with van der Waals surface area (Å²) in [6, 6.07) is 2.88. The van der Waals surface area contributed by atoms with Crippen LogP contribution in [-0.2, 0) is 22.4 Å². The van der Waals surface area contributed by atoms with Gasteiger partial charge in [0, 0.05) is 12.4 Å². The zero-order chi connectivity index (χ0) is 36.6. The van der Waals surface area contributed by atoms with Crippen LogP contribution < -0.4 is 22.8 Å². The Kier molecular flexibility index (Phi) is 12.3. The molecule has 3 saturated heterocycles. The number of aliphatic hydroxyl groups excluding tert-OH is 4. The molecule has 3 fully saturated rings. The smallest absolute Gasteiger partial charge is 0.351 e. The molecule has 276 valence electrons. The zero-order valence-corrected chi connectivity index (χ0v) is 31.2. The molecule has 8 N–H and O–H groups in total. The van der Waals surface area contributed by atoms with Crippen molar-refractivity contribution in [3.05, 3.63) is 45.5 Å². The van der Waals surface area contributed by atoms with E-state index in [1.807, 2.05) is 0 Å². The molecule has 0 spiro atoms. The number of aliphatic hydroxyl groups is 4. The SMILES string of the molecule is CC(C)[Si]1(C(C)C)OC[C@H]2O[C@@H](n3ccc(N)nc3=O)[C@@H](O)[C@@H]2O[Si](C(C)C)(C(C)C)O1.Nc1ccn([C@@H]2O[C@H](CO)[C@@H](O)[C@@H]2O)c(=O)n1. The van der Waals surface area contributed by atoms with Gasteiger partial charge in [-0.1, -0.05) is 55.4 Å². The summed E-state index contributed by atoms with van der Waals surface area (Å²) in [6.45, 7) is 16.9. The Labute approximate surface area is 287 Å². The standard InChI is InChI=1S/C21H39N3O6Si2.C9H13N3O5/c1-12(2)31(13(3)4)27-11-16-19(29-32(30-31,14(5)6)15(7)8)18(25)20(28-16)24-10-9-17(22)23-21(24)26;10-5-1-2-12(9(16)11-5)8-7(15)6(14)4(3-13)17-8/h9-10,12-16,18-20,25H,11H2,1-8H3,(H2,22,23,26);1-2,4,6-8,13-15H,3H2,(H2,10,11,16)/t16-,18+,19-,20-;4-,6-,7+,8-/m11/s1. The predicted octanol–water partition coefficient (Wildman–Crippen LogP) is 0.477. The molecule has 0 aromatic carbocycles. The lowest BCUT2D eigenvalue weighted by molar-refractivity contribution is -0.0600. The molecule has 19 heteroatoms. The third-order valence-electron chi connectivity index (χ3n) is 9.41. The minimum atomic E-state index is -2.89. The maximum absolute atomic E-state index is 12.4. The van der Waals surface area contributed by atoms with Crippen LogP contribution in [0.5, 0.6) is 0 Å². The number of hydrogen-bond donors (Lipinski definition) is 6.